The average molecular weight is 190 g/mol. The molecule has 0 aliphatic carbocycles. The lowest BCUT2D eigenvalue weighted by molar-refractivity contribution is 0.866. The van der Waals surface area contributed by atoms with Gasteiger partial charge in [0.15, 0.2) is 4.98 Å². The molecular formula is C11H16N3+. The van der Waals surface area contributed by atoms with Crippen molar-refractivity contribution in [2.45, 2.75) is 20.8 Å². The zero-order chi connectivity index (χ0) is 10.6. The van der Waals surface area contributed by atoms with E-state index < -0.39 is 0 Å². The molecule has 14 heavy (non-hydrogen) atoms. The van der Waals surface area contributed by atoms with Crippen LogP contribution in [0, 0.1) is 12.3 Å². The van der Waals surface area contributed by atoms with Gasteiger partial charge in [0, 0.05) is 30.4 Å². The fourth-order valence-corrected chi connectivity index (χ4v) is 1.54. The summed E-state index contributed by atoms with van der Waals surface area (Å²) in [6.07, 6.45) is 0. The summed E-state index contributed by atoms with van der Waals surface area (Å²) in [5.74, 6) is 0. The quantitative estimate of drug-likeness (QED) is 0.684. The number of aryl methyl sites for hydroxylation is 1. The van der Waals surface area contributed by atoms with E-state index in [0.717, 1.165) is 18.7 Å². The van der Waals surface area contributed by atoms with Crippen molar-refractivity contribution in [1.29, 1.82) is 5.39 Å². The van der Waals surface area contributed by atoms with E-state index in [1.54, 1.807) is 0 Å². The molecule has 3 nitrogen and oxygen atoms in total. The Morgan fingerprint density at radius 1 is 1.29 bits per heavy atom. The molecule has 1 aromatic rings. The van der Waals surface area contributed by atoms with E-state index >= 15 is 0 Å². The molecule has 1 aromatic carbocycles. The average Bonchev–Trinajstić information content (AvgIpc) is 2.20. The third-order valence-electron chi connectivity index (χ3n) is 2.42. The van der Waals surface area contributed by atoms with E-state index in [1.807, 2.05) is 25.1 Å². The summed E-state index contributed by atoms with van der Waals surface area (Å²) in [7, 11) is 0. The molecule has 0 fully saturated rings. The smallest absolute Gasteiger partial charge is 0.372 e. The van der Waals surface area contributed by atoms with Crippen LogP contribution in [-0.4, -0.2) is 13.1 Å². The Morgan fingerprint density at radius 2 is 1.93 bits per heavy atom. The van der Waals surface area contributed by atoms with Gasteiger partial charge in [0.25, 0.3) is 0 Å². The fourth-order valence-electron chi connectivity index (χ4n) is 1.54. The van der Waals surface area contributed by atoms with Crippen LogP contribution in [0.3, 0.4) is 0 Å². The highest BCUT2D eigenvalue weighted by molar-refractivity contribution is 5.60. The highest BCUT2D eigenvalue weighted by atomic mass is 15.1. The SMILES string of the molecule is CCN(CC)c1ccc([N+]#N)c(C)c1. The summed E-state index contributed by atoms with van der Waals surface area (Å²) in [5, 5.41) is 8.67. The second kappa shape index (κ2) is 4.61. The van der Waals surface area contributed by atoms with Crippen LogP contribution >= 0.6 is 0 Å². The molecule has 74 valence electrons. The van der Waals surface area contributed by atoms with Crippen molar-refractivity contribution in [3.8, 4) is 0 Å². The summed E-state index contributed by atoms with van der Waals surface area (Å²) < 4.78 is 0. The fraction of sp³-hybridized carbons (Fsp3) is 0.455. The number of hydrogen-bond acceptors (Lipinski definition) is 2. The highest BCUT2D eigenvalue weighted by Crippen LogP contribution is 2.24. The molecule has 3 heteroatoms. The maximum absolute atomic E-state index is 8.67. The summed E-state index contributed by atoms with van der Waals surface area (Å²) >= 11 is 0. The molecule has 0 aliphatic rings. The first kappa shape index (κ1) is 10.5. The van der Waals surface area contributed by atoms with Gasteiger partial charge in [-0.15, -0.1) is 0 Å². The number of diazo groups is 1. The van der Waals surface area contributed by atoms with Gasteiger partial charge in [-0.05, 0) is 32.9 Å². The maximum Gasteiger partial charge on any atom is 0.388 e. The van der Waals surface area contributed by atoms with Crippen LogP contribution in [0.2, 0.25) is 0 Å². The Labute approximate surface area is 85.0 Å². The van der Waals surface area contributed by atoms with Crippen LogP contribution in [-0.2, 0) is 0 Å². The van der Waals surface area contributed by atoms with Gasteiger partial charge in [-0.3, -0.25) is 0 Å². The topological polar surface area (TPSA) is 31.4 Å². The summed E-state index contributed by atoms with van der Waals surface area (Å²) in [4.78, 5) is 5.46. The van der Waals surface area contributed by atoms with Crippen LogP contribution in [0.25, 0.3) is 4.98 Å². The van der Waals surface area contributed by atoms with Crippen LogP contribution < -0.4 is 4.90 Å². The second-order valence-corrected chi connectivity index (χ2v) is 3.24. The molecule has 0 aliphatic heterocycles. The van der Waals surface area contributed by atoms with Crippen molar-refractivity contribution < 1.29 is 0 Å². The van der Waals surface area contributed by atoms with E-state index in [9.17, 15) is 0 Å². The lowest BCUT2D eigenvalue weighted by Gasteiger charge is -2.20. The molecule has 0 bridgehead atoms. The normalized spacial score (nSPS) is 9.57. The minimum absolute atomic E-state index is 0.640. The number of rotatable bonds is 3. The van der Waals surface area contributed by atoms with E-state index in [1.165, 1.54) is 5.69 Å². The van der Waals surface area contributed by atoms with Crippen molar-refractivity contribution in [3.63, 3.8) is 0 Å². The van der Waals surface area contributed by atoms with Gasteiger partial charge in [-0.2, -0.15) is 0 Å². The van der Waals surface area contributed by atoms with E-state index in [-0.39, 0.29) is 0 Å². The van der Waals surface area contributed by atoms with Crippen molar-refractivity contribution in [3.05, 3.63) is 28.7 Å². The Balaban J connectivity index is 3.02. The predicted molar refractivity (Wildman–Crippen MR) is 59.5 cm³/mol. The second-order valence-electron chi connectivity index (χ2n) is 3.24. The molecule has 0 spiro atoms. The molecule has 0 amide bonds. The van der Waals surface area contributed by atoms with Crippen molar-refractivity contribution in [2.75, 3.05) is 18.0 Å². The lowest BCUT2D eigenvalue weighted by atomic mass is 10.1. The van der Waals surface area contributed by atoms with Gasteiger partial charge in [-0.1, -0.05) is 0 Å². The number of anilines is 1. The van der Waals surface area contributed by atoms with Crippen molar-refractivity contribution in [2.24, 2.45) is 0 Å². The predicted octanol–water partition coefficient (Wildman–Crippen LogP) is 3.33. The monoisotopic (exact) mass is 190 g/mol. The highest BCUT2D eigenvalue weighted by Gasteiger charge is 2.11. The minimum Gasteiger partial charge on any atom is -0.372 e. The Kier molecular flexibility index (Phi) is 3.47. The largest absolute Gasteiger partial charge is 0.388 e. The molecule has 0 saturated heterocycles. The summed E-state index contributed by atoms with van der Waals surface area (Å²) in [5.41, 5.74) is 2.82. The third kappa shape index (κ3) is 2.02. The van der Waals surface area contributed by atoms with E-state index in [4.69, 9.17) is 5.39 Å². The Bertz CT molecular complexity index is 348. The molecule has 0 unspecified atom stereocenters. The lowest BCUT2D eigenvalue weighted by Crippen LogP contribution is -2.21. The molecule has 0 aromatic heterocycles. The minimum atomic E-state index is 0.640. The van der Waals surface area contributed by atoms with Crippen LogP contribution in [0.15, 0.2) is 18.2 Å². The number of benzene rings is 1. The van der Waals surface area contributed by atoms with E-state index in [2.05, 4.69) is 23.7 Å². The number of nitrogens with zero attached hydrogens (tertiary/aromatic N) is 3. The zero-order valence-corrected chi connectivity index (χ0v) is 8.99. The molecule has 0 heterocycles. The van der Waals surface area contributed by atoms with Gasteiger partial charge < -0.3 is 4.90 Å². The first-order chi connectivity index (χ1) is 6.72. The Morgan fingerprint density at radius 3 is 2.36 bits per heavy atom. The summed E-state index contributed by atoms with van der Waals surface area (Å²) in [6, 6.07) is 5.86. The van der Waals surface area contributed by atoms with Gasteiger partial charge in [0.2, 0.25) is 5.39 Å². The van der Waals surface area contributed by atoms with Gasteiger partial charge in [-0.25, -0.2) is 0 Å². The molecule has 0 saturated carbocycles. The van der Waals surface area contributed by atoms with Crippen molar-refractivity contribution in [1.82, 2.24) is 0 Å². The maximum atomic E-state index is 8.67. The van der Waals surface area contributed by atoms with Crippen LogP contribution in [0.4, 0.5) is 11.4 Å². The number of hydrogen-bond donors (Lipinski definition) is 0. The molecule has 0 N–H and O–H groups in total. The Hall–Kier alpha value is -1.56. The van der Waals surface area contributed by atoms with Gasteiger partial charge >= 0.3 is 5.69 Å². The molecule has 0 atom stereocenters. The first-order valence-electron chi connectivity index (χ1n) is 4.93. The van der Waals surface area contributed by atoms with Gasteiger partial charge in [0.1, 0.15) is 0 Å². The third-order valence-corrected chi connectivity index (χ3v) is 2.42. The van der Waals surface area contributed by atoms with E-state index in [0.29, 0.717) is 5.69 Å². The standard InChI is InChI=1S/C11H16N3/c1-4-14(5-2)10-6-7-11(13-12)9(3)8-10/h6-8H,4-5H2,1-3H3/q+1. The molecule has 0 radical (unpaired) electrons. The molecule has 1 rings (SSSR count). The van der Waals surface area contributed by atoms with Gasteiger partial charge in [0.05, 0.1) is 0 Å². The zero-order valence-electron chi connectivity index (χ0n) is 8.99. The molecular weight excluding hydrogens is 174 g/mol. The summed E-state index contributed by atoms with van der Waals surface area (Å²) in [6.45, 7) is 8.19. The van der Waals surface area contributed by atoms with Crippen LogP contribution in [0.1, 0.15) is 19.4 Å². The van der Waals surface area contributed by atoms with Crippen LogP contribution in [0.5, 0.6) is 0 Å². The van der Waals surface area contributed by atoms with Crippen molar-refractivity contribution >= 4 is 11.4 Å². The first-order valence-corrected chi connectivity index (χ1v) is 4.93.